The van der Waals surface area contributed by atoms with E-state index in [0.29, 0.717) is 0 Å². The summed E-state index contributed by atoms with van der Waals surface area (Å²) in [5, 5.41) is 86.2. The minimum atomic E-state index is -1.62. The number of hydrogen-bond acceptors (Lipinski definition) is 35. The maximum atomic E-state index is 12.3. The van der Waals surface area contributed by atoms with Crippen LogP contribution in [0.3, 0.4) is 0 Å². The van der Waals surface area contributed by atoms with Crippen LogP contribution in [-0.4, -0.2) is 396 Å². The zero-order valence-electron chi connectivity index (χ0n) is 56.7. The average Bonchev–Trinajstić information content (AvgIpc) is 0.832. The molecule has 558 valence electrons. The Morgan fingerprint density at radius 2 is 0.365 bits per heavy atom. The second-order valence-corrected chi connectivity index (χ2v) is 24.1. The molecule has 7 N–H and O–H groups in total. The van der Waals surface area contributed by atoms with Gasteiger partial charge in [0.15, 0.2) is 44.0 Å². The number of hydrogen-bond donors (Lipinski definition) is 7. The molecule has 21 fully saturated rings. The van der Waals surface area contributed by atoms with Crippen molar-refractivity contribution in [3.63, 3.8) is 0 Å². The zero-order valence-corrected chi connectivity index (χ0v) is 56.7. The minimum Gasteiger partial charge on any atom is -0.387 e. The molecule has 35 heteroatoms. The quantitative estimate of drug-likeness (QED) is 0.0569. The van der Waals surface area contributed by atoms with E-state index in [1.165, 1.54) is 99.5 Å². The SMILES string of the molecule is C1=CCC=C1.COC[C@H]1O[C@@H]2O[C@H]3[C@H](O)[C@@H](OC)[C@@H](O[C@H]4[C@H](O)[C@@H](OC)[C@@H](O[C@H]5[C@H](O)[C@@H](OC)[C@@H](O[C@H]6[C@H](O)[C@@H](OC)[C@@H](O[C@H]7[C@H](O)[C@@H](OC)[C@@H](O[C@H]8[C@H](O)[C@@H](OC)[C@@H](O[C@H]1[C@H](O)[C@H]2OC)O[C@@H]8COC)O[C@@H]7COC)O[C@@H]6COC)O[C@@H]5COC)O[C@@H]4COC)O[C@@H]3COC. The first-order valence-electron chi connectivity index (χ1n) is 31.8. The Kier molecular flexibility index (Phi) is 32.0. The fourth-order valence-electron chi connectivity index (χ4n) is 13.5. The highest BCUT2D eigenvalue weighted by Gasteiger charge is 2.61. The second kappa shape index (κ2) is 38.6. The normalized spacial score (nSPS) is 47.1. The molecular weight excluding hydrogens is 1290 g/mol. The summed E-state index contributed by atoms with van der Waals surface area (Å²) < 4.78 is 171. The molecule has 0 spiro atoms. The first kappa shape index (κ1) is 79.8. The summed E-state index contributed by atoms with van der Waals surface area (Å²) in [5.74, 6) is 0. The maximum absolute atomic E-state index is 12.3. The monoisotopic (exact) mass is 1400 g/mol. The van der Waals surface area contributed by atoms with Gasteiger partial charge in [0.05, 0.1) is 46.2 Å². The van der Waals surface area contributed by atoms with Gasteiger partial charge in [0.1, 0.15) is 171 Å². The largest absolute Gasteiger partial charge is 0.387 e. The first-order chi connectivity index (χ1) is 46.4. The van der Waals surface area contributed by atoms with Crippen molar-refractivity contribution in [2.24, 2.45) is 0 Å². The fourth-order valence-corrected chi connectivity index (χ4v) is 13.5. The van der Waals surface area contributed by atoms with E-state index in [4.69, 9.17) is 133 Å². The molecule has 21 aliphatic heterocycles. The molecule has 22 aliphatic rings. The highest BCUT2D eigenvalue weighted by atomic mass is 16.8. The summed E-state index contributed by atoms with van der Waals surface area (Å²) >= 11 is 0. The Labute approximate surface area is 558 Å². The molecule has 21 heterocycles. The summed E-state index contributed by atoms with van der Waals surface area (Å²) in [6.07, 6.45) is -39.9. The van der Waals surface area contributed by atoms with E-state index in [1.807, 2.05) is 0 Å². The molecule has 0 aromatic carbocycles. The number of allylic oxidation sites excluding steroid dienone is 4. The number of ether oxygens (including phenoxy) is 28. The van der Waals surface area contributed by atoms with Crippen molar-refractivity contribution in [1.82, 2.24) is 0 Å². The van der Waals surface area contributed by atoms with E-state index < -0.39 is 215 Å². The van der Waals surface area contributed by atoms with Gasteiger partial charge in [-0.3, -0.25) is 0 Å². The Morgan fingerprint density at radius 3 is 0.458 bits per heavy atom. The number of aliphatic hydroxyl groups excluding tert-OH is 7. The van der Waals surface area contributed by atoms with Gasteiger partial charge in [-0.2, -0.15) is 0 Å². The van der Waals surface area contributed by atoms with Crippen molar-refractivity contribution in [2.45, 2.75) is 221 Å². The zero-order chi connectivity index (χ0) is 69.5. The van der Waals surface area contributed by atoms with Crippen LogP contribution in [0.5, 0.6) is 0 Å². The summed E-state index contributed by atoms with van der Waals surface area (Å²) in [5.41, 5.74) is 0. The van der Waals surface area contributed by atoms with Crippen LogP contribution in [0.15, 0.2) is 24.3 Å². The van der Waals surface area contributed by atoms with E-state index in [2.05, 4.69) is 24.3 Å². The van der Waals surface area contributed by atoms with E-state index in [9.17, 15) is 35.7 Å². The lowest BCUT2D eigenvalue weighted by Crippen LogP contribution is -2.69. The lowest BCUT2D eigenvalue weighted by atomic mass is 9.95. The molecule has 0 radical (unpaired) electrons. The standard InChI is InChI=1S/C56H98O35.C5H6/c1-64-15-22-36-29(57)43(71-8)50(78-22)86-37-23(16-65-2)80-52(45(73-10)30(37)58)88-39-25(18-67-4)82-54(47(75-12)32(39)60)90-41-27(20-69-6)84-56(49(77-14)34(41)62)91-42-28(21-70-7)83-55(48(76-13)35(42)63)89-40-26(19-68-5)81-53(46(74-11)33(40)61)87-38-24(17-66-3)79-51(85-36)44(72-9)31(38)59;1-2-4-5-3-1/h22-63H,15-21H2,1-14H3;1-4H,5H2/t22-,23-,24-,25-,26-,27-,28-,29+,30+,31+,32+,33+,34+,35+,36-,37-,38-,39-,40-,41-,42-,43-,44-,45-,46-,47-,48-,49-,50-,51-,52-,53-,54-,55-,56-;/m1./s1. The van der Waals surface area contributed by atoms with Gasteiger partial charge in [0.2, 0.25) is 0 Å². The Bertz CT molecular complexity index is 1850. The molecule has 0 aromatic rings. The molecule has 0 aromatic heterocycles. The molecule has 0 saturated carbocycles. The van der Waals surface area contributed by atoms with Gasteiger partial charge in [-0.15, -0.1) is 0 Å². The third-order valence-corrected chi connectivity index (χ3v) is 18.2. The summed E-state index contributed by atoms with van der Waals surface area (Å²) in [7, 11) is 18.7. The third kappa shape index (κ3) is 18.0. The van der Waals surface area contributed by atoms with Crippen molar-refractivity contribution in [1.29, 1.82) is 0 Å². The van der Waals surface area contributed by atoms with Gasteiger partial charge >= 0.3 is 0 Å². The van der Waals surface area contributed by atoms with Crippen molar-refractivity contribution >= 4 is 0 Å². The molecule has 1 aliphatic carbocycles. The smallest absolute Gasteiger partial charge is 0.187 e. The second-order valence-electron chi connectivity index (χ2n) is 24.1. The van der Waals surface area contributed by atoms with Gasteiger partial charge in [0, 0.05) is 99.5 Å². The summed E-state index contributed by atoms with van der Waals surface area (Å²) in [6.45, 7) is -1.59. The number of methoxy groups -OCH3 is 14. The maximum Gasteiger partial charge on any atom is 0.187 e. The molecule has 96 heavy (non-hydrogen) atoms. The Morgan fingerprint density at radius 1 is 0.229 bits per heavy atom. The average molecular weight is 1400 g/mol. The van der Waals surface area contributed by atoms with Crippen molar-refractivity contribution in [2.75, 3.05) is 146 Å². The lowest BCUT2D eigenvalue weighted by Gasteiger charge is -2.51. The molecular formula is C61H104O35. The fraction of sp³-hybridized carbons (Fsp3) is 0.934. The molecule has 22 rings (SSSR count). The van der Waals surface area contributed by atoms with Gasteiger partial charge in [-0.05, 0) is 6.42 Å². The van der Waals surface area contributed by atoms with Crippen LogP contribution in [-0.2, 0) is 133 Å². The predicted octanol–water partition coefficient (Wildman–Crippen LogP) is -4.57. The van der Waals surface area contributed by atoms with E-state index in [1.54, 1.807) is 0 Å². The van der Waals surface area contributed by atoms with Crippen molar-refractivity contribution in [3.05, 3.63) is 24.3 Å². The Hall–Kier alpha value is -1.92. The van der Waals surface area contributed by atoms with Crippen LogP contribution in [0.4, 0.5) is 0 Å². The molecule has 14 bridgehead atoms. The van der Waals surface area contributed by atoms with Crippen LogP contribution >= 0.6 is 0 Å². The third-order valence-electron chi connectivity index (χ3n) is 18.2. The number of rotatable bonds is 21. The number of aliphatic hydroxyl groups is 7. The van der Waals surface area contributed by atoms with Gasteiger partial charge < -0.3 is 168 Å². The van der Waals surface area contributed by atoms with Crippen LogP contribution < -0.4 is 0 Å². The van der Waals surface area contributed by atoms with Crippen molar-refractivity contribution in [3.8, 4) is 0 Å². The highest BCUT2D eigenvalue weighted by Crippen LogP contribution is 2.41. The molecule has 0 amide bonds. The molecule has 21 saturated heterocycles. The van der Waals surface area contributed by atoms with Crippen LogP contribution in [0.1, 0.15) is 6.42 Å². The van der Waals surface area contributed by atoms with Gasteiger partial charge in [-0.1, -0.05) is 24.3 Å². The van der Waals surface area contributed by atoms with E-state index >= 15 is 0 Å². The van der Waals surface area contributed by atoms with Gasteiger partial charge in [-0.25, -0.2) is 0 Å². The molecule has 35 atom stereocenters. The van der Waals surface area contributed by atoms with E-state index in [0.717, 1.165) is 6.42 Å². The van der Waals surface area contributed by atoms with Crippen LogP contribution in [0.25, 0.3) is 0 Å². The first-order valence-corrected chi connectivity index (χ1v) is 31.8. The Balaban J connectivity index is 0.00000225. The van der Waals surface area contributed by atoms with E-state index in [-0.39, 0.29) is 46.2 Å². The molecule has 0 unspecified atom stereocenters. The van der Waals surface area contributed by atoms with Crippen LogP contribution in [0.2, 0.25) is 0 Å². The van der Waals surface area contributed by atoms with Crippen LogP contribution in [0, 0.1) is 0 Å². The minimum absolute atomic E-state index is 0.227. The topological polar surface area (TPSA) is 400 Å². The molecule has 35 nitrogen and oxygen atoms in total. The lowest BCUT2D eigenvalue weighted by molar-refractivity contribution is -0.400. The predicted molar refractivity (Wildman–Crippen MR) is 318 cm³/mol. The van der Waals surface area contributed by atoms with Gasteiger partial charge in [0.25, 0.3) is 0 Å². The summed E-state index contributed by atoms with van der Waals surface area (Å²) in [6, 6.07) is 0. The highest BCUT2D eigenvalue weighted by molar-refractivity contribution is 5.12. The summed E-state index contributed by atoms with van der Waals surface area (Å²) in [4.78, 5) is 0. The van der Waals surface area contributed by atoms with Crippen molar-refractivity contribution < 1.29 is 168 Å².